The van der Waals surface area contributed by atoms with Crippen LogP contribution in [0.15, 0.2) is 30.3 Å². The fraction of sp³-hybridized carbons (Fsp3) is 0.125. The summed E-state index contributed by atoms with van der Waals surface area (Å²) in [5.41, 5.74) is 0.332. The zero-order valence-electron chi connectivity index (χ0n) is 7.20. The summed E-state index contributed by atoms with van der Waals surface area (Å²) in [5, 5.41) is 26.0. The van der Waals surface area contributed by atoms with Crippen molar-refractivity contribution in [2.75, 3.05) is 0 Å². The monoisotopic (exact) mass is 196 g/mol. The third-order valence-electron chi connectivity index (χ3n) is 1.56. The summed E-state index contributed by atoms with van der Waals surface area (Å²) >= 11 is 0. The van der Waals surface area contributed by atoms with Gasteiger partial charge in [-0.2, -0.15) is 0 Å². The minimum Gasteiger partial charge on any atom is -0.483 e. The molecule has 0 heterocycles. The van der Waals surface area contributed by atoms with Crippen molar-refractivity contribution in [3.8, 4) is 0 Å². The molecule has 0 spiro atoms. The highest BCUT2D eigenvalue weighted by atomic mass is 16.7. The molecule has 0 radical (unpaired) electrons. The quantitative estimate of drug-likeness (QED) is 0.552. The number of carbonyl (C=O) groups is 1. The van der Waals surface area contributed by atoms with Crippen molar-refractivity contribution in [3.63, 3.8) is 0 Å². The molecule has 6 heteroatoms. The molecule has 1 aromatic rings. The van der Waals surface area contributed by atoms with E-state index in [1.54, 1.807) is 18.2 Å². The van der Waals surface area contributed by atoms with Crippen LogP contribution in [0.25, 0.3) is 0 Å². The van der Waals surface area contributed by atoms with Gasteiger partial charge < -0.3 is 19.8 Å². The maximum atomic E-state index is 11.0. The summed E-state index contributed by atoms with van der Waals surface area (Å²) in [6.45, 7) is 0. The largest absolute Gasteiger partial charge is 0.709 e. The zero-order chi connectivity index (χ0) is 10.6. The number of aliphatic hydroxyl groups excluding tert-OH is 1. The molecular formula is C8H9BO5. The van der Waals surface area contributed by atoms with Gasteiger partial charge in [-0.05, 0) is 5.56 Å². The van der Waals surface area contributed by atoms with Gasteiger partial charge in [-0.15, -0.1) is 0 Å². The third-order valence-corrected chi connectivity index (χ3v) is 1.56. The van der Waals surface area contributed by atoms with E-state index in [2.05, 4.69) is 4.65 Å². The molecular weight excluding hydrogens is 187 g/mol. The van der Waals surface area contributed by atoms with Gasteiger partial charge in [0.2, 0.25) is 0 Å². The average molecular weight is 196 g/mol. The lowest BCUT2D eigenvalue weighted by Gasteiger charge is -2.09. The van der Waals surface area contributed by atoms with Gasteiger partial charge in [0.1, 0.15) is 0 Å². The molecule has 0 saturated heterocycles. The van der Waals surface area contributed by atoms with Gasteiger partial charge in [0.05, 0.1) is 0 Å². The van der Waals surface area contributed by atoms with Crippen LogP contribution in [-0.4, -0.2) is 28.4 Å². The standard InChI is InChI=1S/C8H9BO5/c10-7(8(11)14-9(12)13)6-4-2-1-3-5-6/h1-5,7,10,12-13H/t7-/m1/s1. The van der Waals surface area contributed by atoms with Crippen molar-refractivity contribution in [3.05, 3.63) is 35.9 Å². The number of hydrogen-bond acceptors (Lipinski definition) is 5. The first-order chi connectivity index (χ1) is 6.61. The van der Waals surface area contributed by atoms with Crippen LogP contribution in [0.5, 0.6) is 0 Å². The van der Waals surface area contributed by atoms with Gasteiger partial charge in [0, 0.05) is 0 Å². The maximum Gasteiger partial charge on any atom is 0.709 e. The predicted octanol–water partition coefficient (Wildman–Crippen LogP) is -0.767. The second kappa shape index (κ2) is 4.76. The number of carbonyl (C=O) groups excluding carboxylic acids is 1. The molecule has 0 aromatic heterocycles. The van der Waals surface area contributed by atoms with Gasteiger partial charge in [0.25, 0.3) is 0 Å². The lowest BCUT2D eigenvalue weighted by molar-refractivity contribution is -0.146. The molecule has 14 heavy (non-hydrogen) atoms. The van der Waals surface area contributed by atoms with Crippen molar-refractivity contribution < 1.29 is 24.6 Å². The Balaban J connectivity index is 2.66. The zero-order valence-corrected chi connectivity index (χ0v) is 7.20. The lowest BCUT2D eigenvalue weighted by atomic mass is 10.1. The highest BCUT2D eigenvalue weighted by molar-refractivity contribution is 6.35. The molecule has 0 bridgehead atoms. The average Bonchev–Trinajstić information content (AvgIpc) is 2.17. The first kappa shape index (κ1) is 10.7. The van der Waals surface area contributed by atoms with E-state index in [1.807, 2.05) is 0 Å². The van der Waals surface area contributed by atoms with E-state index in [0.29, 0.717) is 5.56 Å². The molecule has 0 saturated carbocycles. The Bertz CT molecular complexity index is 300. The summed E-state index contributed by atoms with van der Waals surface area (Å²) in [6.07, 6.45) is -1.50. The molecule has 74 valence electrons. The number of rotatable bonds is 3. The maximum absolute atomic E-state index is 11.0. The highest BCUT2D eigenvalue weighted by Gasteiger charge is 2.24. The summed E-state index contributed by atoms with van der Waals surface area (Å²) in [4.78, 5) is 11.0. The number of aliphatic hydroxyl groups is 1. The van der Waals surface area contributed by atoms with Crippen molar-refractivity contribution in [2.45, 2.75) is 6.10 Å². The van der Waals surface area contributed by atoms with Gasteiger partial charge in [-0.25, -0.2) is 0 Å². The van der Waals surface area contributed by atoms with Crippen LogP contribution in [0.4, 0.5) is 0 Å². The fourth-order valence-corrected chi connectivity index (χ4v) is 0.940. The third kappa shape index (κ3) is 2.84. The van der Waals surface area contributed by atoms with E-state index in [0.717, 1.165) is 0 Å². The summed E-state index contributed by atoms with van der Waals surface area (Å²) in [6, 6.07) is 8.05. The lowest BCUT2D eigenvalue weighted by Crippen LogP contribution is -2.26. The number of benzene rings is 1. The first-order valence-corrected chi connectivity index (χ1v) is 3.91. The van der Waals surface area contributed by atoms with E-state index >= 15 is 0 Å². The van der Waals surface area contributed by atoms with Crippen LogP contribution in [0.1, 0.15) is 11.7 Å². The molecule has 0 aliphatic carbocycles. The van der Waals surface area contributed by atoms with Crippen molar-refractivity contribution in [1.82, 2.24) is 0 Å². The van der Waals surface area contributed by atoms with Crippen LogP contribution in [0.3, 0.4) is 0 Å². The molecule has 0 aliphatic heterocycles. The Kier molecular flexibility index (Phi) is 3.64. The smallest absolute Gasteiger partial charge is 0.483 e. The Hall–Kier alpha value is -1.37. The van der Waals surface area contributed by atoms with Crippen molar-refractivity contribution in [1.29, 1.82) is 0 Å². The van der Waals surface area contributed by atoms with Crippen LogP contribution in [0.2, 0.25) is 0 Å². The normalized spacial score (nSPS) is 11.9. The molecule has 1 aromatic carbocycles. The predicted molar refractivity (Wildman–Crippen MR) is 47.7 cm³/mol. The van der Waals surface area contributed by atoms with Gasteiger partial charge in [-0.3, -0.25) is 4.79 Å². The van der Waals surface area contributed by atoms with Crippen molar-refractivity contribution in [2.24, 2.45) is 0 Å². The number of hydrogen-bond donors (Lipinski definition) is 3. The van der Waals surface area contributed by atoms with Crippen LogP contribution in [0, 0.1) is 0 Å². The van der Waals surface area contributed by atoms with E-state index in [1.165, 1.54) is 12.1 Å². The topological polar surface area (TPSA) is 87.0 Å². The van der Waals surface area contributed by atoms with Crippen LogP contribution in [-0.2, 0) is 9.45 Å². The molecule has 1 rings (SSSR count). The van der Waals surface area contributed by atoms with E-state index in [-0.39, 0.29) is 0 Å². The Morgan fingerprint density at radius 3 is 2.36 bits per heavy atom. The SMILES string of the molecule is O=C(OB(O)O)[C@H](O)c1ccccc1. The van der Waals surface area contributed by atoms with Crippen molar-refractivity contribution >= 4 is 13.3 Å². The molecule has 0 amide bonds. The fourth-order valence-electron chi connectivity index (χ4n) is 0.940. The van der Waals surface area contributed by atoms with Gasteiger partial charge in [-0.1, -0.05) is 30.3 Å². The molecule has 1 atom stereocenters. The van der Waals surface area contributed by atoms with Crippen LogP contribution >= 0.6 is 0 Å². The second-order valence-corrected chi connectivity index (χ2v) is 2.58. The summed E-state index contributed by atoms with van der Waals surface area (Å²) in [7, 11) is -2.21. The molecule has 0 fully saturated rings. The van der Waals surface area contributed by atoms with Gasteiger partial charge in [0.15, 0.2) is 6.10 Å². The first-order valence-electron chi connectivity index (χ1n) is 3.91. The summed E-state index contributed by atoms with van der Waals surface area (Å²) in [5.74, 6) is -1.11. The van der Waals surface area contributed by atoms with E-state index < -0.39 is 19.4 Å². The second-order valence-electron chi connectivity index (χ2n) is 2.58. The Labute approximate surface area is 80.7 Å². The molecule has 0 aliphatic rings. The Morgan fingerprint density at radius 1 is 1.29 bits per heavy atom. The molecule has 5 nitrogen and oxygen atoms in total. The molecule has 0 unspecified atom stereocenters. The minimum absolute atomic E-state index is 0.332. The van der Waals surface area contributed by atoms with Crippen LogP contribution < -0.4 is 0 Å². The summed E-state index contributed by atoms with van der Waals surface area (Å²) < 4.78 is 3.99. The molecule has 3 N–H and O–H groups in total. The minimum atomic E-state index is -2.21. The van der Waals surface area contributed by atoms with E-state index in [9.17, 15) is 9.90 Å². The Morgan fingerprint density at radius 2 is 1.86 bits per heavy atom. The highest BCUT2D eigenvalue weighted by Crippen LogP contribution is 2.13. The van der Waals surface area contributed by atoms with Gasteiger partial charge >= 0.3 is 13.3 Å². The van der Waals surface area contributed by atoms with E-state index in [4.69, 9.17) is 10.0 Å².